The third kappa shape index (κ3) is 3.76. The van der Waals surface area contributed by atoms with Crippen LogP contribution in [-0.2, 0) is 6.67 Å². The molecule has 3 heteroatoms. The molecule has 15 heavy (non-hydrogen) atoms. The molecule has 0 bridgehead atoms. The van der Waals surface area contributed by atoms with Crippen molar-refractivity contribution in [2.24, 2.45) is 0 Å². The Bertz CT molecular complexity index is 410. The smallest absolute Gasteiger partial charge is 0.129 e. The average Bonchev–Trinajstić information content (AvgIpc) is 2.15. The van der Waals surface area contributed by atoms with E-state index in [0.29, 0.717) is 11.3 Å². The highest BCUT2D eigenvalue weighted by Gasteiger charge is 2.07. The first-order chi connectivity index (χ1) is 6.92. The third-order valence-corrected chi connectivity index (χ3v) is 2.74. The molecule has 0 atom stereocenters. The molecule has 0 unspecified atom stereocenters. The molecule has 0 spiro atoms. The molecule has 0 saturated heterocycles. The number of hydrogen-bond donors (Lipinski definition) is 1. The first kappa shape index (κ1) is 11.8. The van der Waals surface area contributed by atoms with Gasteiger partial charge in [0.1, 0.15) is 14.7 Å². The van der Waals surface area contributed by atoms with E-state index in [9.17, 15) is 4.39 Å². The van der Waals surface area contributed by atoms with Crippen molar-refractivity contribution < 1.29 is 4.39 Å². The van der Waals surface area contributed by atoms with E-state index < -0.39 is 14.7 Å². The second-order valence-corrected chi connectivity index (χ2v) is 9.30. The van der Waals surface area contributed by atoms with Gasteiger partial charge in [-0.3, -0.25) is 0 Å². The van der Waals surface area contributed by atoms with Crippen LogP contribution in [0.3, 0.4) is 0 Å². The number of nitrogens with two attached hydrogens (primary N) is 1. The van der Waals surface area contributed by atoms with Crippen molar-refractivity contribution in [3.8, 4) is 11.5 Å². The predicted octanol–water partition coefficient (Wildman–Crippen LogP) is 2.97. The molecular weight excluding hydrogens is 205 g/mol. The van der Waals surface area contributed by atoms with Crippen LogP contribution in [0.1, 0.15) is 11.1 Å². The molecule has 1 rings (SSSR count). The summed E-state index contributed by atoms with van der Waals surface area (Å²) in [5.41, 5.74) is 10.7. The van der Waals surface area contributed by atoms with E-state index in [1.54, 1.807) is 12.1 Å². The lowest BCUT2D eigenvalue weighted by Crippen LogP contribution is -2.16. The van der Waals surface area contributed by atoms with Crippen molar-refractivity contribution in [2.75, 3.05) is 5.73 Å². The Hall–Kier alpha value is -1.27. The monoisotopic (exact) mass is 221 g/mol. The molecule has 0 aliphatic rings. The Balaban J connectivity index is 3.01. The fourth-order valence-corrected chi connectivity index (χ4v) is 1.58. The van der Waals surface area contributed by atoms with Gasteiger partial charge in [0.25, 0.3) is 0 Å². The summed E-state index contributed by atoms with van der Waals surface area (Å²) in [7, 11) is -1.37. The SMILES string of the molecule is C[Si](C)(C)C#Cc1ccc(N)c(CF)c1. The zero-order valence-electron chi connectivity index (χ0n) is 9.39. The Morgan fingerprint density at radius 2 is 2.00 bits per heavy atom. The van der Waals surface area contributed by atoms with Gasteiger partial charge in [0, 0.05) is 16.8 Å². The fraction of sp³-hybridized carbons (Fsp3) is 0.333. The standard InChI is InChI=1S/C12H16FNSi/c1-15(2,3)7-6-10-4-5-12(14)11(8-10)9-13/h4-5,8H,9,14H2,1-3H3. The number of rotatable bonds is 1. The first-order valence-electron chi connectivity index (χ1n) is 4.90. The van der Waals surface area contributed by atoms with Gasteiger partial charge in [-0.2, -0.15) is 0 Å². The number of benzene rings is 1. The molecule has 0 radical (unpaired) electrons. The maximum Gasteiger partial charge on any atom is 0.129 e. The molecular formula is C12H16FNSi. The van der Waals surface area contributed by atoms with Gasteiger partial charge < -0.3 is 5.73 Å². The second-order valence-electron chi connectivity index (χ2n) is 4.55. The summed E-state index contributed by atoms with van der Waals surface area (Å²) >= 11 is 0. The Labute approximate surface area is 91.5 Å². The van der Waals surface area contributed by atoms with Crippen molar-refractivity contribution in [1.29, 1.82) is 0 Å². The van der Waals surface area contributed by atoms with E-state index in [-0.39, 0.29) is 0 Å². The van der Waals surface area contributed by atoms with Crippen molar-refractivity contribution in [2.45, 2.75) is 26.3 Å². The first-order valence-corrected chi connectivity index (χ1v) is 8.40. The molecule has 0 amide bonds. The van der Waals surface area contributed by atoms with E-state index in [1.807, 2.05) is 6.07 Å². The van der Waals surface area contributed by atoms with E-state index in [1.165, 1.54) is 0 Å². The summed E-state index contributed by atoms with van der Waals surface area (Å²) in [6.07, 6.45) is 0. The van der Waals surface area contributed by atoms with Gasteiger partial charge in [0.05, 0.1) is 0 Å². The van der Waals surface area contributed by atoms with E-state index in [0.717, 1.165) is 5.56 Å². The van der Waals surface area contributed by atoms with Crippen LogP contribution in [0.2, 0.25) is 19.6 Å². The van der Waals surface area contributed by atoms with Crippen molar-refractivity contribution in [1.82, 2.24) is 0 Å². The Kier molecular flexibility index (Phi) is 3.54. The van der Waals surface area contributed by atoms with Crippen molar-refractivity contribution in [3.63, 3.8) is 0 Å². The minimum absolute atomic E-state index is 0.496. The molecule has 0 saturated carbocycles. The summed E-state index contributed by atoms with van der Waals surface area (Å²) in [6.45, 7) is 5.99. The average molecular weight is 221 g/mol. The fourth-order valence-electron chi connectivity index (χ4n) is 1.06. The molecule has 80 valence electrons. The lowest BCUT2D eigenvalue weighted by atomic mass is 10.1. The lowest BCUT2D eigenvalue weighted by Gasteiger charge is -2.04. The highest BCUT2D eigenvalue weighted by atomic mass is 28.3. The minimum Gasteiger partial charge on any atom is -0.398 e. The molecule has 1 nitrogen and oxygen atoms in total. The van der Waals surface area contributed by atoms with Crippen LogP contribution >= 0.6 is 0 Å². The van der Waals surface area contributed by atoms with Gasteiger partial charge in [-0.1, -0.05) is 25.6 Å². The molecule has 1 aromatic rings. The molecule has 0 fully saturated rings. The Morgan fingerprint density at radius 1 is 1.33 bits per heavy atom. The molecule has 0 aliphatic carbocycles. The van der Waals surface area contributed by atoms with Gasteiger partial charge in [0.2, 0.25) is 0 Å². The van der Waals surface area contributed by atoms with Crippen LogP contribution in [0.15, 0.2) is 18.2 Å². The number of hydrogen-bond acceptors (Lipinski definition) is 1. The lowest BCUT2D eigenvalue weighted by molar-refractivity contribution is 0.486. The number of alkyl halides is 1. The summed E-state index contributed by atoms with van der Waals surface area (Å²) in [4.78, 5) is 0. The van der Waals surface area contributed by atoms with E-state index in [4.69, 9.17) is 5.73 Å². The number of halogens is 1. The predicted molar refractivity (Wildman–Crippen MR) is 65.9 cm³/mol. The molecule has 2 N–H and O–H groups in total. The summed E-state index contributed by atoms with van der Waals surface area (Å²) in [6, 6.07) is 5.27. The topological polar surface area (TPSA) is 26.0 Å². The Morgan fingerprint density at radius 3 is 2.53 bits per heavy atom. The molecule has 0 aromatic heterocycles. The van der Waals surface area contributed by atoms with Crippen LogP contribution in [-0.4, -0.2) is 8.07 Å². The summed E-state index contributed by atoms with van der Waals surface area (Å²) in [5, 5.41) is 0. The van der Waals surface area contributed by atoms with Crippen molar-refractivity contribution in [3.05, 3.63) is 29.3 Å². The second kappa shape index (κ2) is 4.50. The van der Waals surface area contributed by atoms with Gasteiger partial charge in [-0.05, 0) is 18.2 Å². The van der Waals surface area contributed by atoms with E-state index in [2.05, 4.69) is 31.1 Å². The maximum absolute atomic E-state index is 12.5. The van der Waals surface area contributed by atoms with Crippen LogP contribution < -0.4 is 5.73 Å². The quantitative estimate of drug-likeness (QED) is 0.440. The molecule has 0 heterocycles. The normalized spacial score (nSPS) is 10.7. The molecule has 1 aromatic carbocycles. The highest BCUT2D eigenvalue weighted by molar-refractivity contribution is 6.83. The van der Waals surface area contributed by atoms with Crippen LogP contribution in [0.4, 0.5) is 10.1 Å². The van der Waals surface area contributed by atoms with Crippen molar-refractivity contribution >= 4 is 13.8 Å². The number of anilines is 1. The van der Waals surface area contributed by atoms with Crippen LogP contribution in [0.5, 0.6) is 0 Å². The summed E-state index contributed by atoms with van der Waals surface area (Å²) < 4.78 is 12.5. The van der Waals surface area contributed by atoms with Crippen LogP contribution in [0.25, 0.3) is 0 Å². The summed E-state index contributed by atoms with van der Waals surface area (Å²) in [5.74, 6) is 3.08. The third-order valence-electron chi connectivity index (χ3n) is 1.87. The number of nitrogen functional groups attached to an aromatic ring is 1. The minimum atomic E-state index is -1.37. The van der Waals surface area contributed by atoms with Gasteiger partial charge in [-0.25, -0.2) is 4.39 Å². The van der Waals surface area contributed by atoms with Crippen LogP contribution in [0, 0.1) is 11.5 Å². The van der Waals surface area contributed by atoms with Gasteiger partial charge in [0.15, 0.2) is 0 Å². The zero-order chi connectivity index (χ0) is 11.5. The van der Waals surface area contributed by atoms with Gasteiger partial charge >= 0.3 is 0 Å². The molecule has 0 aliphatic heterocycles. The zero-order valence-corrected chi connectivity index (χ0v) is 10.4. The van der Waals surface area contributed by atoms with Gasteiger partial charge in [-0.15, -0.1) is 5.54 Å². The highest BCUT2D eigenvalue weighted by Crippen LogP contribution is 2.14. The largest absolute Gasteiger partial charge is 0.398 e. The maximum atomic E-state index is 12.5. The van der Waals surface area contributed by atoms with E-state index >= 15 is 0 Å².